The monoisotopic (exact) mass is 198 g/mol. The van der Waals surface area contributed by atoms with Gasteiger partial charge in [0.25, 0.3) is 5.91 Å². The van der Waals surface area contributed by atoms with Gasteiger partial charge in [0, 0.05) is 6.54 Å². The Kier molecular flexibility index (Phi) is 6.52. The van der Waals surface area contributed by atoms with E-state index in [1.807, 2.05) is 10.7 Å². The minimum Gasteiger partial charge on any atom is -0.327 e. The maximum Gasteiger partial charge on any atom is 0.278 e. The lowest BCUT2D eigenvalue weighted by Crippen LogP contribution is -2.30. The smallest absolute Gasteiger partial charge is 0.278 e. The lowest BCUT2D eigenvalue weighted by molar-refractivity contribution is -0.120. The average molecular weight is 198 g/mol. The van der Waals surface area contributed by atoms with Crippen LogP contribution in [0, 0.1) is 0 Å². The summed E-state index contributed by atoms with van der Waals surface area (Å²) < 4.78 is 0. The number of carbonyl (C=O) groups is 3. The molecule has 0 aliphatic rings. The molecular formula is C7H10N4O3. The Morgan fingerprint density at radius 2 is 2.07 bits per heavy atom. The van der Waals surface area contributed by atoms with Gasteiger partial charge in [-0.3, -0.25) is 19.7 Å². The summed E-state index contributed by atoms with van der Waals surface area (Å²) in [4.78, 5) is 30.9. The first-order chi connectivity index (χ1) is 6.76. The van der Waals surface area contributed by atoms with E-state index in [0.29, 0.717) is 6.41 Å². The number of hydrogen-bond donors (Lipinski definition) is 3. The van der Waals surface area contributed by atoms with Gasteiger partial charge in [-0.2, -0.15) is 5.10 Å². The highest BCUT2D eigenvalue weighted by Gasteiger charge is 2.06. The van der Waals surface area contributed by atoms with Gasteiger partial charge in [0.1, 0.15) is 5.71 Å². The van der Waals surface area contributed by atoms with Crippen LogP contribution in [0.1, 0.15) is 0 Å². The molecule has 0 fully saturated rings. The van der Waals surface area contributed by atoms with Gasteiger partial charge in [0.15, 0.2) is 0 Å². The quantitative estimate of drug-likeness (QED) is 0.257. The van der Waals surface area contributed by atoms with Crippen molar-refractivity contribution in [1.29, 1.82) is 0 Å². The molecule has 76 valence electrons. The molecule has 3 amide bonds. The number of imide groups is 1. The van der Waals surface area contributed by atoms with Gasteiger partial charge in [-0.1, -0.05) is 6.08 Å². The van der Waals surface area contributed by atoms with E-state index in [9.17, 15) is 14.4 Å². The summed E-state index contributed by atoms with van der Waals surface area (Å²) in [5.74, 6) is -0.723. The van der Waals surface area contributed by atoms with E-state index < -0.39 is 5.91 Å². The van der Waals surface area contributed by atoms with Gasteiger partial charge in [0.2, 0.25) is 12.8 Å². The Bertz CT molecular complexity index is 272. The van der Waals surface area contributed by atoms with E-state index in [1.54, 1.807) is 0 Å². The first kappa shape index (κ1) is 12.0. The molecule has 0 spiro atoms. The Morgan fingerprint density at radius 1 is 1.36 bits per heavy atom. The fourth-order valence-electron chi connectivity index (χ4n) is 0.567. The SMILES string of the molecule is NCC=CC(=NNC=O)C(=O)NC=O. The van der Waals surface area contributed by atoms with Gasteiger partial charge < -0.3 is 5.73 Å². The van der Waals surface area contributed by atoms with Crippen molar-refractivity contribution in [2.45, 2.75) is 0 Å². The van der Waals surface area contributed by atoms with E-state index in [0.717, 1.165) is 0 Å². The molecule has 0 aliphatic carbocycles. The molecule has 0 saturated heterocycles. The van der Waals surface area contributed by atoms with Crippen molar-refractivity contribution in [1.82, 2.24) is 10.7 Å². The number of nitrogens with two attached hydrogens (primary N) is 1. The third-order valence-electron chi connectivity index (χ3n) is 1.07. The third-order valence-corrected chi connectivity index (χ3v) is 1.07. The molecule has 14 heavy (non-hydrogen) atoms. The minimum absolute atomic E-state index is 0.116. The van der Waals surface area contributed by atoms with Crippen molar-refractivity contribution in [3.63, 3.8) is 0 Å². The Balaban J connectivity index is 4.52. The zero-order valence-corrected chi connectivity index (χ0v) is 7.27. The molecule has 0 aromatic rings. The second-order valence-electron chi connectivity index (χ2n) is 1.97. The van der Waals surface area contributed by atoms with Gasteiger partial charge in [-0.25, -0.2) is 5.43 Å². The normalized spacial score (nSPS) is 11.1. The molecule has 7 heteroatoms. The van der Waals surface area contributed by atoms with E-state index in [2.05, 4.69) is 5.10 Å². The molecular weight excluding hydrogens is 188 g/mol. The van der Waals surface area contributed by atoms with Crippen molar-refractivity contribution in [3.05, 3.63) is 12.2 Å². The van der Waals surface area contributed by atoms with Crippen LogP contribution in [0.3, 0.4) is 0 Å². The van der Waals surface area contributed by atoms with E-state index in [1.165, 1.54) is 12.2 Å². The summed E-state index contributed by atoms with van der Waals surface area (Å²) >= 11 is 0. The first-order valence-electron chi connectivity index (χ1n) is 3.64. The average Bonchev–Trinajstić information content (AvgIpc) is 2.18. The molecule has 0 atom stereocenters. The molecule has 0 bridgehead atoms. The largest absolute Gasteiger partial charge is 0.327 e. The van der Waals surface area contributed by atoms with Crippen molar-refractivity contribution in [2.24, 2.45) is 10.8 Å². The number of rotatable bonds is 6. The molecule has 0 aromatic heterocycles. The van der Waals surface area contributed by atoms with Crippen molar-refractivity contribution in [2.75, 3.05) is 6.54 Å². The second kappa shape index (κ2) is 7.62. The maximum atomic E-state index is 11.0. The number of carbonyl (C=O) groups excluding carboxylic acids is 3. The zero-order chi connectivity index (χ0) is 10.8. The van der Waals surface area contributed by atoms with Crippen molar-refractivity contribution in [3.8, 4) is 0 Å². The van der Waals surface area contributed by atoms with Crippen LogP contribution in [0.2, 0.25) is 0 Å². The summed E-state index contributed by atoms with van der Waals surface area (Å²) in [5.41, 5.74) is 6.97. The summed E-state index contributed by atoms with van der Waals surface area (Å²) in [6.45, 7) is 0.217. The van der Waals surface area contributed by atoms with Crippen LogP contribution in [0.15, 0.2) is 17.3 Å². The Morgan fingerprint density at radius 3 is 2.57 bits per heavy atom. The molecule has 0 rings (SSSR count). The highest BCUT2D eigenvalue weighted by molar-refractivity contribution is 6.44. The van der Waals surface area contributed by atoms with Gasteiger partial charge >= 0.3 is 0 Å². The van der Waals surface area contributed by atoms with Crippen LogP contribution in [0.25, 0.3) is 0 Å². The van der Waals surface area contributed by atoms with Gasteiger partial charge in [-0.15, -0.1) is 0 Å². The van der Waals surface area contributed by atoms with Crippen molar-refractivity contribution < 1.29 is 14.4 Å². The van der Waals surface area contributed by atoms with Crippen LogP contribution in [0.5, 0.6) is 0 Å². The van der Waals surface area contributed by atoms with E-state index in [4.69, 9.17) is 5.73 Å². The van der Waals surface area contributed by atoms with Crippen LogP contribution in [-0.2, 0) is 14.4 Å². The van der Waals surface area contributed by atoms with Crippen LogP contribution < -0.4 is 16.5 Å². The van der Waals surface area contributed by atoms with Gasteiger partial charge in [-0.05, 0) is 6.08 Å². The molecule has 0 aliphatic heterocycles. The minimum atomic E-state index is -0.723. The number of amides is 3. The number of nitrogens with zero attached hydrogens (tertiary/aromatic N) is 1. The Hall–Kier alpha value is -2.02. The molecule has 0 aromatic carbocycles. The molecule has 4 N–H and O–H groups in total. The van der Waals surface area contributed by atoms with Crippen LogP contribution in [0.4, 0.5) is 0 Å². The zero-order valence-electron chi connectivity index (χ0n) is 7.27. The number of nitrogens with one attached hydrogen (secondary N) is 2. The number of hydrazone groups is 1. The fourth-order valence-corrected chi connectivity index (χ4v) is 0.567. The molecule has 7 nitrogen and oxygen atoms in total. The summed E-state index contributed by atoms with van der Waals surface area (Å²) in [6.07, 6.45) is 3.25. The predicted octanol–water partition coefficient (Wildman–Crippen LogP) is -2.12. The molecule has 0 heterocycles. The molecule has 0 unspecified atom stereocenters. The lowest BCUT2D eigenvalue weighted by Gasteiger charge is -1.97. The van der Waals surface area contributed by atoms with Crippen molar-refractivity contribution >= 4 is 24.4 Å². The third kappa shape index (κ3) is 4.78. The molecule has 0 saturated carbocycles. The summed E-state index contributed by atoms with van der Waals surface area (Å²) in [7, 11) is 0. The summed E-state index contributed by atoms with van der Waals surface area (Å²) in [6, 6.07) is 0. The Labute approximate surface area is 80.0 Å². The fraction of sp³-hybridized carbons (Fsp3) is 0.143. The maximum absolute atomic E-state index is 11.0. The highest BCUT2D eigenvalue weighted by atomic mass is 16.2. The highest BCUT2D eigenvalue weighted by Crippen LogP contribution is 1.81. The number of hydrogen-bond acceptors (Lipinski definition) is 5. The van der Waals surface area contributed by atoms with E-state index >= 15 is 0 Å². The first-order valence-corrected chi connectivity index (χ1v) is 3.64. The second-order valence-corrected chi connectivity index (χ2v) is 1.97. The van der Waals surface area contributed by atoms with Crippen LogP contribution in [-0.4, -0.2) is 31.0 Å². The lowest BCUT2D eigenvalue weighted by atomic mass is 10.3. The standard InChI is InChI=1S/C7H10N4O3/c8-3-1-2-6(11-10-5-13)7(14)9-4-12/h1-2,4-5H,3,8H2,(H,10,13)(H,9,12,14). The van der Waals surface area contributed by atoms with Crippen LogP contribution >= 0.6 is 0 Å². The topological polar surface area (TPSA) is 114 Å². The van der Waals surface area contributed by atoms with Gasteiger partial charge in [0.05, 0.1) is 0 Å². The predicted molar refractivity (Wildman–Crippen MR) is 49.0 cm³/mol. The molecule has 0 radical (unpaired) electrons. The van der Waals surface area contributed by atoms with E-state index in [-0.39, 0.29) is 18.7 Å². The summed E-state index contributed by atoms with van der Waals surface area (Å²) in [5, 5.41) is 5.25.